The second-order valence-corrected chi connectivity index (χ2v) is 7.64. The van der Waals surface area contributed by atoms with Gasteiger partial charge in [0.1, 0.15) is 0 Å². The summed E-state index contributed by atoms with van der Waals surface area (Å²) in [5, 5.41) is 3.31. The van der Waals surface area contributed by atoms with Crippen molar-refractivity contribution in [2.24, 2.45) is 0 Å². The maximum Gasteiger partial charge on any atom is 0.0860 e. The monoisotopic (exact) mass is 462 g/mol. The molecule has 0 nitrogen and oxygen atoms in total. The fraction of sp³-hybridized carbons (Fsp3) is 0.0667. The van der Waals surface area contributed by atoms with Gasteiger partial charge < -0.3 is 0 Å². The molecule has 2 aromatic carbocycles. The molecule has 3 rings (SSSR count). The van der Waals surface area contributed by atoms with Crippen LogP contribution in [0, 0.1) is 3.57 Å². The zero-order valence-corrected chi connectivity index (χ0v) is 15.1. The van der Waals surface area contributed by atoms with Gasteiger partial charge in [-0.05, 0) is 68.7 Å². The molecule has 1 heterocycles. The highest BCUT2D eigenvalue weighted by Crippen LogP contribution is 2.39. The van der Waals surface area contributed by atoms with E-state index in [0.717, 1.165) is 10.0 Å². The number of fused-ring (bicyclic) bond motifs is 1. The Morgan fingerprint density at radius 1 is 1.11 bits per heavy atom. The van der Waals surface area contributed by atoms with Crippen molar-refractivity contribution in [1.29, 1.82) is 0 Å². The average molecular weight is 464 g/mol. The molecule has 0 aliphatic heterocycles. The van der Waals surface area contributed by atoms with Crippen molar-refractivity contribution < 1.29 is 0 Å². The van der Waals surface area contributed by atoms with Crippen LogP contribution in [0.5, 0.6) is 0 Å². The van der Waals surface area contributed by atoms with E-state index in [0.29, 0.717) is 0 Å². The molecule has 0 bridgehead atoms. The van der Waals surface area contributed by atoms with Crippen molar-refractivity contribution in [3.8, 4) is 0 Å². The Kier molecular flexibility index (Phi) is 4.17. The molecule has 4 heteroatoms. The minimum atomic E-state index is -0.111. The molecular formula is C15H9BrClIS. The number of thiophene rings is 1. The van der Waals surface area contributed by atoms with E-state index in [-0.39, 0.29) is 5.38 Å². The van der Waals surface area contributed by atoms with E-state index in [2.05, 4.69) is 80.3 Å². The van der Waals surface area contributed by atoms with Gasteiger partial charge in [0.15, 0.2) is 0 Å². The summed E-state index contributed by atoms with van der Waals surface area (Å²) in [7, 11) is 0. The first-order valence-corrected chi connectivity index (χ1v) is 8.91. The fourth-order valence-corrected chi connectivity index (χ4v) is 4.70. The van der Waals surface area contributed by atoms with Crippen LogP contribution >= 0.6 is 61.5 Å². The topological polar surface area (TPSA) is 0 Å². The Morgan fingerprint density at radius 2 is 1.89 bits per heavy atom. The first-order chi connectivity index (χ1) is 9.16. The SMILES string of the molecule is ClC(c1cc(Br)ccc1I)c1csc2ccccc12. The summed E-state index contributed by atoms with van der Waals surface area (Å²) in [6.45, 7) is 0. The van der Waals surface area contributed by atoms with Crippen LogP contribution in [0.2, 0.25) is 0 Å². The normalized spacial score (nSPS) is 12.8. The molecule has 0 amide bonds. The highest BCUT2D eigenvalue weighted by Gasteiger charge is 2.17. The van der Waals surface area contributed by atoms with Gasteiger partial charge in [-0.1, -0.05) is 34.1 Å². The Morgan fingerprint density at radius 3 is 2.74 bits per heavy atom. The van der Waals surface area contributed by atoms with Crippen LogP contribution in [0.1, 0.15) is 16.5 Å². The standard InChI is InChI=1S/C15H9BrClIS/c16-9-5-6-13(18)11(7-9)15(17)12-8-19-14-4-2-1-3-10(12)14/h1-8,15H. The zero-order chi connectivity index (χ0) is 13.4. The van der Waals surface area contributed by atoms with Crippen molar-refractivity contribution >= 4 is 71.5 Å². The highest BCUT2D eigenvalue weighted by atomic mass is 127. The van der Waals surface area contributed by atoms with Gasteiger partial charge in [0.25, 0.3) is 0 Å². The van der Waals surface area contributed by atoms with Gasteiger partial charge in [-0.3, -0.25) is 0 Å². The summed E-state index contributed by atoms with van der Waals surface area (Å²) < 4.78 is 3.54. The molecule has 0 saturated heterocycles. The van der Waals surface area contributed by atoms with Crippen molar-refractivity contribution in [3.05, 3.63) is 67.0 Å². The number of hydrogen-bond donors (Lipinski definition) is 0. The molecule has 0 aliphatic rings. The Bertz CT molecular complexity index is 738. The van der Waals surface area contributed by atoms with Crippen molar-refractivity contribution in [1.82, 2.24) is 0 Å². The maximum absolute atomic E-state index is 6.71. The second kappa shape index (κ2) is 5.72. The lowest BCUT2D eigenvalue weighted by Crippen LogP contribution is -1.95. The lowest BCUT2D eigenvalue weighted by atomic mass is 10.0. The Labute approximate surface area is 143 Å². The summed E-state index contributed by atoms with van der Waals surface area (Å²) in [6, 6.07) is 14.6. The second-order valence-electron chi connectivity index (χ2n) is 4.22. The van der Waals surface area contributed by atoms with E-state index in [9.17, 15) is 0 Å². The van der Waals surface area contributed by atoms with E-state index in [1.165, 1.54) is 19.2 Å². The molecule has 0 spiro atoms. The molecule has 0 radical (unpaired) electrons. The summed E-state index contributed by atoms with van der Waals surface area (Å²) in [5.41, 5.74) is 2.35. The molecule has 0 saturated carbocycles. The minimum absolute atomic E-state index is 0.111. The van der Waals surface area contributed by atoms with Crippen molar-refractivity contribution in [2.75, 3.05) is 0 Å². The quantitative estimate of drug-likeness (QED) is 0.297. The number of hydrogen-bond acceptors (Lipinski definition) is 1. The highest BCUT2D eigenvalue weighted by molar-refractivity contribution is 14.1. The van der Waals surface area contributed by atoms with Gasteiger partial charge >= 0.3 is 0 Å². The van der Waals surface area contributed by atoms with Gasteiger partial charge in [0, 0.05) is 12.7 Å². The van der Waals surface area contributed by atoms with Gasteiger partial charge in [-0.15, -0.1) is 22.9 Å². The van der Waals surface area contributed by atoms with Gasteiger partial charge in [-0.25, -0.2) is 0 Å². The lowest BCUT2D eigenvalue weighted by molar-refractivity contribution is 1.15. The molecule has 1 atom stereocenters. The summed E-state index contributed by atoms with van der Waals surface area (Å²) in [6.07, 6.45) is 0. The van der Waals surface area contributed by atoms with Crippen LogP contribution in [0.3, 0.4) is 0 Å². The molecule has 96 valence electrons. The van der Waals surface area contributed by atoms with Crippen molar-refractivity contribution in [3.63, 3.8) is 0 Å². The number of alkyl halides is 1. The average Bonchev–Trinajstić information content (AvgIpc) is 2.84. The first-order valence-electron chi connectivity index (χ1n) is 5.72. The first kappa shape index (κ1) is 13.9. The minimum Gasteiger partial charge on any atom is -0.143 e. The predicted octanol–water partition coefficient (Wildman–Crippen LogP) is 6.60. The molecule has 1 unspecified atom stereocenters. The smallest absolute Gasteiger partial charge is 0.0860 e. The molecule has 0 N–H and O–H groups in total. The number of benzene rings is 2. The molecule has 1 aromatic heterocycles. The molecule has 3 aromatic rings. The van der Waals surface area contributed by atoms with Gasteiger partial charge in [-0.2, -0.15) is 0 Å². The van der Waals surface area contributed by atoms with E-state index in [1.54, 1.807) is 11.3 Å². The van der Waals surface area contributed by atoms with E-state index in [4.69, 9.17) is 11.6 Å². The maximum atomic E-state index is 6.71. The Balaban J connectivity index is 2.13. The van der Waals surface area contributed by atoms with E-state index < -0.39 is 0 Å². The van der Waals surface area contributed by atoms with Crippen LogP contribution in [0.4, 0.5) is 0 Å². The van der Waals surface area contributed by atoms with Gasteiger partial charge in [0.05, 0.1) is 5.38 Å². The largest absolute Gasteiger partial charge is 0.143 e. The summed E-state index contributed by atoms with van der Waals surface area (Å²) in [5.74, 6) is 0. The summed E-state index contributed by atoms with van der Waals surface area (Å²) in [4.78, 5) is 0. The molecule has 19 heavy (non-hydrogen) atoms. The summed E-state index contributed by atoms with van der Waals surface area (Å²) >= 11 is 14.3. The predicted molar refractivity (Wildman–Crippen MR) is 96.4 cm³/mol. The zero-order valence-electron chi connectivity index (χ0n) is 9.74. The van der Waals surface area contributed by atoms with Crippen LogP contribution in [-0.2, 0) is 0 Å². The van der Waals surface area contributed by atoms with E-state index >= 15 is 0 Å². The number of halogens is 3. The Hall–Kier alpha value is -0.100. The number of rotatable bonds is 2. The van der Waals surface area contributed by atoms with Crippen LogP contribution in [0.25, 0.3) is 10.1 Å². The lowest BCUT2D eigenvalue weighted by Gasteiger charge is -2.12. The van der Waals surface area contributed by atoms with E-state index in [1.807, 2.05) is 6.07 Å². The molecule has 0 fully saturated rings. The van der Waals surface area contributed by atoms with Gasteiger partial charge in [0.2, 0.25) is 0 Å². The fourth-order valence-electron chi connectivity index (χ4n) is 2.07. The third kappa shape index (κ3) is 2.71. The van der Waals surface area contributed by atoms with Crippen LogP contribution < -0.4 is 0 Å². The molecule has 0 aliphatic carbocycles. The van der Waals surface area contributed by atoms with Crippen LogP contribution in [-0.4, -0.2) is 0 Å². The third-order valence-electron chi connectivity index (χ3n) is 3.02. The third-order valence-corrected chi connectivity index (χ3v) is 5.94. The molecular weight excluding hydrogens is 454 g/mol. The van der Waals surface area contributed by atoms with Crippen LogP contribution in [0.15, 0.2) is 52.3 Å². The van der Waals surface area contributed by atoms with Crippen molar-refractivity contribution in [2.45, 2.75) is 5.38 Å².